The molecule has 1 N–H and O–H groups in total. The zero-order chi connectivity index (χ0) is 15.9. The van der Waals surface area contributed by atoms with E-state index in [1.807, 2.05) is 0 Å². The number of alkyl halides is 3. The first-order chi connectivity index (χ1) is 10.3. The van der Waals surface area contributed by atoms with Gasteiger partial charge < -0.3 is 10.2 Å². The maximum atomic E-state index is 13.2. The summed E-state index contributed by atoms with van der Waals surface area (Å²) in [5, 5.41) is 2.73. The molecule has 3 aliphatic heterocycles. The van der Waals surface area contributed by atoms with Crippen molar-refractivity contribution in [3.63, 3.8) is 0 Å². The van der Waals surface area contributed by atoms with Crippen molar-refractivity contribution in [2.24, 2.45) is 5.92 Å². The lowest BCUT2D eigenvalue weighted by Crippen LogP contribution is -2.57. The average molecular weight is 317 g/mol. The molecule has 3 fully saturated rings. The van der Waals surface area contributed by atoms with Gasteiger partial charge in [-0.25, -0.2) is 9.37 Å². The molecule has 1 unspecified atom stereocenters. The minimum Gasteiger partial charge on any atom is -0.346 e. The molecular weight excluding hydrogens is 302 g/mol. The van der Waals surface area contributed by atoms with Crippen LogP contribution in [0.2, 0.25) is 0 Å². The molecule has 0 saturated carbocycles. The van der Waals surface area contributed by atoms with Gasteiger partial charge in [-0.1, -0.05) is 0 Å². The Hall–Kier alpha value is -1.70. The van der Waals surface area contributed by atoms with E-state index in [9.17, 15) is 22.4 Å². The molecule has 1 amide bonds. The predicted octanol–water partition coefficient (Wildman–Crippen LogP) is 2.06. The number of piperidine rings is 3. The third-order valence-electron chi connectivity index (χ3n) is 4.37. The molecule has 0 spiro atoms. The fraction of sp³-hybridized carbons (Fsp3) is 0.571. The molecule has 0 radical (unpaired) electrons. The van der Waals surface area contributed by atoms with Crippen LogP contribution in [0.1, 0.15) is 28.9 Å². The Labute approximate surface area is 124 Å². The summed E-state index contributed by atoms with van der Waals surface area (Å²) < 4.78 is 51.2. The summed E-state index contributed by atoms with van der Waals surface area (Å²) in [4.78, 5) is 17.8. The minimum absolute atomic E-state index is 0.0869. The summed E-state index contributed by atoms with van der Waals surface area (Å²) in [5.41, 5.74) is -1.88. The second-order valence-electron chi connectivity index (χ2n) is 5.77. The summed E-state index contributed by atoms with van der Waals surface area (Å²) in [6, 6.07) is 0.377. The van der Waals surface area contributed by atoms with Gasteiger partial charge in [-0.2, -0.15) is 13.2 Å². The van der Waals surface area contributed by atoms with Crippen molar-refractivity contribution >= 4 is 5.91 Å². The van der Waals surface area contributed by atoms with Crippen molar-refractivity contribution in [2.75, 3.05) is 19.6 Å². The zero-order valence-electron chi connectivity index (χ0n) is 11.7. The van der Waals surface area contributed by atoms with Crippen molar-refractivity contribution < 1.29 is 22.4 Å². The van der Waals surface area contributed by atoms with Gasteiger partial charge in [-0.05, 0) is 37.9 Å². The number of amides is 1. The second kappa shape index (κ2) is 5.49. The van der Waals surface area contributed by atoms with Gasteiger partial charge in [0.05, 0.1) is 11.8 Å². The lowest BCUT2D eigenvalue weighted by Gasteiger charge is -2.44. The first-order valence-corrected chi connectivity index (χ1v) is 7.10. The van der Waals surface area contributed by atoms with Gasteiger partial charge in [0.25, 0.3) is 5.91 Å². The van der Waals surface area contributed by atoms with Crippen molar-refractivity contribution in [2.45, 2.75) is 25.1 Å². The van der Waals surface area contributed by atoms with E-state index in [1.54, 1.807) is 0 Å². The SMILES string of the molecule is O=C(NC1CN2CCC1CC2)c1cc(C(F)(F)F)c(F)cn1. The topological polar surface area (TPSA) is 45.2 Å². The van der Waals surface area contributed by atoms with Crippen LogP contribution in [0.25, 0.3) is 0 Å². The summed E-state index contributed by atoms with van der Waals surface area (Å²) in [5.74, 6) is -1.83. The van der Waals surface area contributed by atoms with Gasteiger partial charge in [-0.15, -0.1) is 0 Å². The van der Waals surface area contributed by atoms with E-state index in [4.69, 9.17) is 0 Å². The largest absolute Gasteiger partial charge is 0.419 e. The molecule has 4 rings (SSSR count). The highest BCUT2D eigenvalue weighted by Crippen LogP contribution is 2.31. The molecule has 120 valence electrons. The number of pyridine rings is 1. The lowest BCUT2D eigenvalue weighted by atomic mass is 9.84. The van der Waals surface area contributed by atoms with Crippen LogP contribution in [0.15, 0.2) is 12.3 Å². The smallest absolute Gasteiger partial charge is 0.346 e. The Morgan fingerprint density at radius 1 is 1.32 bits per heavy atom. The van der Waals surface area contributed by atoms with Crippen molar-refractivity contribution in [1.82, 2.24) is 15.2 Å². The molecule has 4 nitrogen and oxygen atoms in total. The molecule has 0 aliphatic carbocycles. The molecule has 2 bridgehead atoms. The Morgan fingerprint density at radius 3 is 2.55 bits per heavy atom. The number of fused-ring (bicyclic) bond motifs is 3. The van der Waals surface area contributed by atoms with E-state index in [0.29, 0.717) is 24.7 Å². The predicted molar refractivity (Wildman–Crippen MR) is 69.6 cm³/mol. The Balaban J connectivity index is 1.75. The van der Waals surface area contributed by atoms with Gasteiger partial charge in [0.2, 0.25) is 0 Å². The quantitative estimate of drug-likeness (QED) is 0.849. The third kappa shape index (κ3) is 2.92. The van der Waals surface area contributed by atoms with Gasteiger partial charge in [0.1, 0.15) is 5.69 Å². The Morgan fingerprint density at radius 2 is 2.00 bits per heavy atom. The van der Waals surface area contributed by atoms with Crippen molar-refractivity contribution in [1.29, 1.82) is 0 Å². The number of carbonyl (C=O) groups is 1. The van der Waals surface area contributed by atoms with Crippen LogP contribution in [0.4, 0.5) is 17.6 Å². The van der Waals surface area contributed by atoms with E-state index >= 15 is 0 Å². The standard InChI is InChI=1S/C14H15F4N3O/c15-10-6-19-11(5-9(10)14(16,17)18)13(22)20-12-7-21-3-1-8(12)2-4-21/h5-6,8,12H,1-4,7H2,(H,20,22). The van der Waals surface area contributed by atoms with Gasteiger partial charge in [0.15, 0.2) is 5.82 Å². The Bertz CT molecular complexity index is 582. The van der Waals surface area contributed by atoms with Crippen LogP contribution in [0.3, 0.4) is 0 Å². The van der Waals surface area contributed by atoms with Crippen LogP contribution in [0.5, 0.6) is 0 Å². The van der Waals surface area contributed by atoms with Crippen molar-refractivity contribution in [3.05, 3.63) is 29.3 Å². The van der Waals surface area contributed by atoms with Gasteiger partial charge >= 0.3 is 6.18 Å². The molecular formula is C14H15F4N3O. The number of rotatable bonds is 2. The second-order valence-corrected chi connectivity index (χ2v) is 5.77. The molecule has 1 atom stereocenters. The molecule has 1 aromatic heterocycles. The van der Waals surface area contributed by atoms with E-state index in [2.05, 4.69) is 15.2 Å². The normalized spacial score (nSPS) is 27.7. The summed E-state index contributed by atoms with van der Waals surface area (Å²) in [6.45, 7) is 2.68. The number of hydrogen-bond donors (Lipinski definition) is 1. The first kappa shape index (κ1) is 15.2. The third-order valence-corrected chi connectivity index (χ3v) is 4.37. The molecule has 4 heterocycles. The molecule has 3 saturated heterocycles. The highest BCUT2D eigenvalue weighted by Gasteiger charge is 2.37. The molecule has 8 heteroatoms. The van der Waals surface area contributed by atoms with Crippen LogP contribution in [-0.2, 0) is 6.18 Å². The van der Waals surface area contributed by atoms with Gasteiger partial charge in [-0.3, -0.25) is 4.79 Å². The first-order valence-electron chi connectivity index (χ1n) is 7.10. The Kier molecular flexibility index (Phi) is 3.80. The maximum absolute atomic E-state index is 13.2. The zero-order valence-corrected chi connectivity index (χ0v) is 11.7. The minimum atomic E-state index is -4.85. The number of carbonyl (C=O) groups excluding carboxylic acids is 1. The number of aromatic nitrogens is 1. The number of halogens is 4. The van der Waals surface area contributed by atoms with E-state index in [1.165, 1.54) is 0 Å². The maximum Gasteiger partial charge on any atom is 0.419 e. The van der Waals surface area contributed by atoms with E-state index in [0.717, 1.165) is 25.9 Å². The number of nitrogens with one attached hydrogen (secondary N) is 1. The van der Waals surface area contributed by atoms with Crippen LogP contribution in [-0.4, -0.2) is 41.5 Å². The highest BCUT2D eigenvalue weighted by atomic mass is 19.4. The van der Waals surface area contributed by atoms with Crippen molar-refractivity contribution in [3.8, 4) is 0 Å². The van der Waals surface area contributed by atoms with Gasteiger partial charge in [0, 0.05) is 12.6 Å². The molecule has 22 heavy (non-hydrogen) atoms. The number of nitrogens with zero attached hydrogens (tertiary/aromatic N) is 2. The fourth-order valence-corrected chi connectivity index (χ4v) is 3.15. The molecule has 0 aromatic carbocycles. The van der Waals surface area contributed by atoms with Crippen LogP contribution < -0.4 is 5.32 Å². The van der Waals surface area contributed by atoms with E-state index < -0.39 is 29.2 Å². The van der Waals surface area contributed by atoms with Crippen LogP contribution >= 0.6 is 0 Å². The summed E-state index contributed by atoms with van der Waals surface area (Å²) in [7, 11) is 0. The van der Waals surface area contributed by atoms with Crippen LogP contribution in [0, 0.1) is 11.7 Å². The van der Waals surface area contributed by atoms with E-state index in [-0.39, 0.29) is 6.04 Å². The highest BCUT2D eigenvalue weighted by molar-refractivity contribution is 5.92. The average Bonchev–Trinajstić information content (AvgIpc) is 2.47. The summed E-state index contributed by atoms with van der Waals surface area (Å²) in [6.07, 6.45) is -2.48. The number of hydrogen-bond acceptors (Lipinski definition) is 3. The fourth-order valence-electron chi connectivity index (χ4n) is 3.15. The lowest BCUT2D eigenvalue weighted by molar-refractivity contribution is -0.140. The molecule has 3 aliphatic rings. The summed E-state index contributed by atoms with van der Waals surface area (Å²) >= 11 is 0. The molecule has 1 aromatic rings. The monoisotopic (exact) mass is 317 g/mol.